The van der Waals surface area contributed by atoms with Crippen LogP contribution in [0.25, 0.3) is 0 Å². The Morgan fingerprint density at radius 3 is 2.46 bits per heavy atom. The minimum absolute atomic E-state index is 0.0162. The molecule has 0 saturated carbocycles. The van der Waals surface area contributed by atoms with Gasteiger partial charge in [0.25, 0.3) is 0 Å². The van der Waals surface area contributed by atoms with E-state index in [-0.39, 0.29) is 25.0 Å². The molecule has 0 aromatic heterocycles. The quantitative estimate of drug-likeness (QED) is 0.690. The SMILES string of the molecule is CCOC(=O)[C@H](C)C[C@@H](NC(=O)Cc1ccc(F)c(F)c1)C(N)=O. The normalized spacial score (nSPS) is 13.0. The molecule has 2 amide bonds. The van der Waals surface area contributed by atoms with Crippen LogP contribution in [0.2, 0.25) is 0 Å². The van der Waals surface area contributed by atoms with Crippen LogP contribution in [0.15, 0.2) is 18.2 Å². The predicted octanol–water partition coefficient (Wildman–Crippen LogP) is 1.07. The maximum Gasteiger partial charge on any atom is 0.308 e. The summed E-state index contributed by atoms with van der Waals surface area (Å²) in [4.78, 5) is 35.0. The molecule has 1 rings (SSSR count). The van der Waals surface area contributed by atoms with E-state index in [0.717, 1.165) is 12.1 Å². The molecule has 0 spiro atoms. The van der Waals surface area contributed by atoms with Gasteiger partial charge in [0.05, 0.1) is 18.9 Å². The zero-order chi connectivity index (χ0) is 18.3. The zero-order valence-electron chi connectivity index (χ0n) is 13.5. The van der Waals surface area contributed by atoms with Crippen molar-refractivity contribution >= 4 is 17.8 Å². The number of primary amides is 1. The summed E-state index contributed by atoms with van der Waals surface area (Å²) >= 11 is 0. The fourth-order valence-electron chi connectivity index (χ4n) is 2.06. The topological polar surface area (TPSA) is 98.5 Å². The maximum atomic E-state index is 13.1. The van der Waals surface area contributed by atoms with Gasteiger partial charge < -0.3 is 15.8 Å². The lowest BCUT2D eigenvalue weighted by Gasteiger charge is -2.19. The highest BCUT2D eigenvalue weighted by molar-refractivity contribution is 5.88. The molecule has 0 aliphatic carbocycles. The van der Waals surface area contributed by atoms with Crippen LogP contribution < -0.4 is 11.1 Å². The van der Waals surface area contributed by atoms with E-state index in [1.165, 1.54) is 6.07 Å². The van der Waals surface area contributed by atoms with Crippen molar-refractivity contribution < 1.29 is 27.9 Å². The minimum atomic E-state index is -1.07. The van der Waals surface area contributed by atoms with Crippen LogP contribution in [0.1, 0.15) is 25.8 Å². The average molecular weight is 342 g/mol. The zero-order valence-corrected chi connectivity index (χ0v) is 13.5. The first kappa shape index (κ1) is 19.5. The van der Waals surface area contributed by atoms with Gasteiger partial charge in [0.15, 0.2) is 11.6 Å². The lowest BCUT2D eigenvalue weighted by atomic mass is 10.0. The number of halogens is 2. The molecular formula is C16H20F2N2O4. The summed E-state index contributed by atoms with van der Waals surface area (Å²) in [6.07, 6.45) is -0.271. The summed E-state index contributed by atoms with van der Waals surface area (Å²) in [6, 6.07) is 2.00. The molecule has 3 N–H and O–H groups in total. The van der Waals surface area contributed by atoms with E-state index in [4.69, 9.17) is 10.5 Å². The first-order valence-corrected chi connectivity index (χ1v) is 7.43. The summed E-state index contributed by atoms with van der Waals surface area (Å²) < 4.78 is 30.8. The van der Waals surface area contributed by atoms with Crippen molar-refractivity contribution in [1.82, 2.24) is 5.32 Å². The molecule has 0 saturated heterocycles. The van der Waals surface area contributed by atoms with Crippen LogP contribution >= 0.6 is 0 Å². The van der Waals surface area contributed by atoms with E-state index < -0.39 is 41.4 Å². The lowest BCUT2D eigenvalue weighted by Crippen LogP contribution is -2.46. The number of nitrogens with one attached hydrogen (secondary N) is 1. The van der Waals surface area contributed by atoms with Crippen molar-refractivity contribution in [2.45, 2.75) is 32.7 Å². The maximum absolute atomic E-state index is 13.1. The number of hydrogen-bond donors (Lipinski definition) is 2. The van der Waals surface area contributed by atoms with Crippen LogP contribution in [-0.4, -0.2) is 30.4 Å². The fraction of sp³-hybridized carbons (Fsp3) is 0.438. The second-order valence-corrected chi connectivity index (χ2v) is 5.34. The van der Waals surface area contributed by atoms with Crippen molar-refractivity contribution in [3.63, 3.8) is 0 Å². The Bertz CT molecular complexity index is 622. The predicted molar refractivity (Wildman–Crippen MR) is 81.6 cm³/mol. The monoisotopic (exact) mass is 342 g/mol. The Kier molecular flexibility index (Phi) is 7.29. The van der Waals surface area contributed by atoms with Gasteiger partial charge in [-0.1, -0.05) is 13.0 Å². The number of carbonyl (C=O) groups is 3. The average Bonchev–Trinajstić information content (AvgIpc) is 2.50. The minimum Gasteiger partial charge on any atom is -0.466 e. The largest absolute Gasteiger partial charge is 0.466 e. The third-order valence-electron chi connectivity index (χ3n) is 3.31. The van der Waals surface area contributed by atoms with Crippen molar-refractivity contribution in [1.29, 1.82) is 0 Å². The molecule has 0 fully saturated rings. The van der Waals surface area contributed by atoms with Crippen LogP contribution in [0.4, 0.5) is 8.78 Å². The molecule has 0 heterocycles. The Morgan fingerprint density at radius 2 is 1.92 bits per heavy atom. The summed E-state index contributed by atoms with van der Waals surface area (Å²) in [6.45, 7) is 3.40. The second kappa shape index (κ2) is 8.95. The standard InChI is InChI=1S/C16H20F2N2O4/c1-3-24-16(23)9(2)6-13(15(19)22)20-14(21)8-10-4-5-11(17)12(18)7-10/h4-5,7,9,13H,3,6,8H2,1-2H3,(H2,19,22)(H,20,21)/t9-,13-/m1/s1. The third kappa shape index (κ3) is 5.94. The van der Waals surface area contributed by atoms with Gasteiger partial charge in [-0.25, -0.2) is 8.78 Å². The van der Waals surface area contributed by atoms with Crippen molar-refractivity contribution in [3.05, 3.63) is 35.4 Å². The molecule has 0 bridgehead atoms. The lowest BCUT2D eigenvalue weighted by molar-refractivity contribution is -0.148. The Morgan fingerprint density at radius 1 is 1.25 bits per heavy atom. The van der Waals surface area contributed by atoms with Gasteiger partial charge >= 0.3 is 5.97 Å². The first-order chi connectivity index (χ1) is 11.2. The van der Waals surface area contributed by atoms with E-state index in [1.54, 1.807) is 13.8 Å². The molecular weight excluding hydrogens is 322 g/mol. The summed E-state index contributed by atoms with van der Waals surface area (Å²) in [5, 5.41) is 2.39. The van der Waals surface area contributed by atoms with E-state index >= 15 is 0 Å². The van der Waals surface area contributed by atoms with Gasteiger partial charge in [-0.2, -0.15) is 0 Å². The van der Waals surface area contributed by atoms with E-state index in [2.05, 4.69) is 5.32 Å². The van der Waals surface area contributed by atoms with Crippen LogP contribution in [-0.2, 0) is 25.5 Å². The number of carbonyl (C=O) groups excluding carboxylic acids is 3. The first-order valence-electron chi connectivity index (χ1n) is 7.43. The van der Waals surface area contributed by atoms with E-state index in [0.29, 0.717) is 0 Å². The van der Waals surface area contributed by atoms with Gasteiger partial charge in [0, 0.05) is 0 Å². The highest BCUT2D eigenvalue weighted by Gasteiger charge is 2.25. The molecule has 0 aliphatic rings. The number of esters is 1. The van der Waals surface area contributed by atoms with E-state index in [1.807, 2.05) is 0 Å². The molecule has 2 atom stereocenters. The Hall–Kier alpha value is -2.51. The number of rotatable bonds is 8. The van der Waals surface area contributed by atoms with Crippen molar-refractivity contribution in [2.24, 2.45) is 11.7 Å². The summed E-state index contributed by atoms with van der Waals surface area (Å²) in [7, 11) is 0. The number of benzene rings is 1. The molecule has 0 aliphatic heterocycles. The smallest absolute Gasteiger partial charge is 0.308 e. The van der Waals surface area contributed by atoms with Crippen LogP contribution in [0, 0.1) is 17.6 Å². The van der Waals surface area contributed by atoms with Gasteiger partial charge in [-0.15, -0.1) is 0 Å². The molecule has 1 aromatic carbocycles. The molecule has 24 heavy (non-hydrogen) atoms. The van der Waals surface area contributed by atoms with Crippen LogP contribution in [0.5, 0.6) is 0 Å². The summed E-state index contributed by atoms with van der Waals surface area (Å²) in [5.41, 5.74) is 5.47. The third-order valence-corrected chi connectivity index (χ3v) is 3.31. The van der Waals surface area contributed by atoms with Crippen molar-refractivity contribution in [3.8, 4) is 0 Å². The fourth-order valence-corrected chi connectivity index (χ4v) is 2.06. The van der Waals surface area contributed by atoms with Crippen molar-refractivity contribution in [2.75, 3.05) is 6.61 Å². The number of ether oxygens (including phenoxy) is 1. The van der Waals surface area contributed by atoms with Gasteiger partial charge in [-0.3, -0.25) is 14.4 Å². The molecule has 8 heteroatoms. The number of nitrogens with two attached hydrogens (primary N) is 1. The second-order valence-electron chi connectivity index (χ2n) is 5.34. The van der Waals surface area contributed by atoms with E-state index in [9.17, 15) is 23.2 Å². The Balaban J connectivity index is 2.67. The number of hydrogen-bond acceptors (Lipinski definition) is 4. The molecule has 6 nitrogen and oxygen atoms in total. The van der Waals surface area contributed by atoms with Gasteiger partial charge in [0.2, 0.25) is 11.8 Å². The van der Waals surface area contributed by atoms with Gasteiger partial charge in [0.1, 0.15) is 6.04 Å². The molecule has 0 unspecified atom stereocenters. The highest BCUT2D eigenvalue weighted by Crippen LogP contribution is 2.11. The highest BCUT2D eigenvalue weighted by atomic mass is 19.2. The Labute approximate surface area is 138 Å². The molecule has 1 aromatic rings. The number of amides is 2. The van der Waals surface area contributed by atoms with Gasteiger partial charge in [-0.05, 0) is 31.0 Å². The summed E-state index contributed by atoms with van der Waals surface area (Å²) in [5.74, 6) is -4.62. The molecule has 0 radical (unpaired) electrons. The van der Waals surface area contributed by atoms with Crippen LogP contribution in [0.3, 0.4) is 0 Å². The molecule has 132 valence electrons.